The summed E-state index contributed by atoms with van der Waals surface area (Å²) in [6.45, 7) is 22.2. The number of anilines is 2. The van der Waals surface area contributed by atoms with E-state index in [0.717, 1.165) is 18.1 Å². The van der Waals surface area contributed by atoms with Gasteiger partial charge in [0.15, 0.2) is 5.78 Å². The second-order valence-corrected chi connectivity index (χ2v) is 13.6. The van der Waals surface area contributed by atoms with Crippen LogP contribution < -0.4 is 20.6 Å². The molecule has 0 unspecified atom stereocenters. The van der Waals surface area contributed by atoms with E-state index in [-0.39, 0.29) is 28.8 Å². The molecule has 0 bridgehead atoms. The van der Waals surface area contributed by atoms with Crippen molar-refractivity contribution in [1.82, 2.24) is 5.32 Å². The monoisotopic (exact) mass is 615 g/mol. The van der Waals surface area contributed by atoms with E-state index in [4.69, 9.17) is 0 Å². The van der Waals surface area contributed by atoms with Crippen LogP contribution in [0.4, 0.5) is 10.7 Å². The molecule has 0 atom stereocenters. The Balaban J connectivity index is 2.16. The number of aliphatic imine (C=N–C) groups is 1. The lowest BCUT2D eigenvalue weighted by molar-refractivity contribution is -0.518. The van der Waals surface area contributed by atoms with Crippen LogP contribution >= 0.6 is 23.1 Å². The van der Waals surface area contributed by atoms with E-state index in [1.807, 2.05) is 79.9 Å². The molecule has 2 N–H and O–H groups in total. The number of nitrogens with zero attached hydrogens (tertiary/aromatic N) is 3. The molecule has 0 fully saturated rings. The van der Waals surface area contributed by atoms with Crippen LogP contribution in [-0.2, 0) is 14.4 Å². The fourth-order valence-electron chi connectivity index (χ4n) is 4.24. The summed E-state index contributed by atoms with van der Waals surface area (Å²) < 4.78 is 2.02. The number of rotatable bonds is 11. The molecule has 1 aliphatic carbocycles. The third kappa shape index (κ3) is 6.37. The average Bonchev–Trinajstić information content (AvgIpc) is 3.54. The molecule has 11 heteroatoms. The second kappa shape index (κ2) is 13.2. The number of nitrogens with one attached hydrogen (secondary N) is 2. The van der Waals surface area contributed by atoms with Crippen LogP contribution in [0.3, 0.4) is 0 Å². The summed E-state index contributed by atoms with van der Waals surface area (Å²) >= 11 is 2.57. The molecule has 230 valence electrons. The highest BCUT2D eigenvalue weighted by Gasteiger charge is 2.43. The summed E-state index contributed by atoms with van der Waals surface area (Å²) in [4.78, 5) is 47.7. The van der Waals surface area contributed by atoms with Crippen molar-refractivity contribution in [2.24, 2.45) is 15.8 Å². The van der Waals surface area contributed by atoms with Crippen molar-refractivity contribution in [3.8, 4) is 0 Å². The third-order valence-electron chi connectivity index (χ3n) is 8.28. The highest BCUT2D eigenvalue weighted by molar-refractivity contribution is 8.18. The second-order valence-electron chi connectivity index (χ2n) is 11.6. The lowest BCUT2D eigenvalue weighted by Gasteiger charge is -2.31. The number of thiophene rings is 1. The van der Waals surface area contributed by atoms with E-state index in [1.54, 1.807) is 0 Å². The number of thioether (sulfide) groups is 1. The minimum Gasteiger partial charge on any atom is -0.871 e. The topological polar surface area (TPSA) is 117 Å². The van der Waals surface area contributed by atoms with Gasteiger partial charge in [0.25, 0.3) is 5.84 Å². The molecule has 0 radical (unpaired) electrons. The van der Waals surface area contributed by atoms with Crippen LogP contribution in [0.25, 0.3) is 5.57 Å². The Kier molecular flexibility index (Phi) is 10.5. The van der Waals surface area contributed by atoms with Gasteiger partial charge in [-0.1, -0.05) is 47.3 Å². The van der Waals surface area contributed by atoms with Crippen molar-refractivity contribution in [2.45, 2.75) is 82.1 Å². The van der Waals surface area contributed by atoms with Gasteiger partial charge in [-0.15, -0.1) is 11.3 Å². The zero-order valence-corrected chi connectivity index (χ0v) is 28.2. The molecule has 0 spiro atoms. The first-order valence-electron chi connectivity index (χ1n) is 14.8. The number of amides is 2. The van der Waals surface area contributed by atoms with E-state index >= 15 is 0 Å². The lowest BCUT2D eigenvalue weighted by Crippen LogP contribution is -2.41. The van der Waals surface area contributed by atoms with Gasteiger partial charge in [0.1, 0.15) is 0 Å². The van der Waals surface area contributed by atoms with Crippen molar-refractivity contribution in [1.29, 1.82) is 0 Å². The van der Waals surface area contributed by atoms with Gasteiger partial charge in [-0.25, -0.2) is 0 Å². The Labute approximate surface area is 258 Å². The van der Waals surface area contributed by atoms with Crippen LogP contribution in [0.2, 0.25) is 0 Å². The molecule has 42 heavy (non-hydrogen) atoms. The maximum absolute atomic E-state index is 13.8. The van der Waals surface area contributed by atoms with Gasteiger partial charge in [-0.3, -0.25) is 24.3 Å². The average molecular weight is 616 g/mol. The third-order valence-corrected chi connectivity index (χ3v) is 10.6. The summed E-state index contributed by atoms with van der Waals surface area (Å²) in [5.74, 6) is -0.972. The number of Topliss-reactive ketones (excluding diaryl/α,β-unsaturated/α-hetero) is 1. The van der Waals surface area contributed by atoms with E-state index < -0.39 is 22.4 Å². The molecule has 0 saturated carbocycles. The van der Waals surface area contributed by atoms with E-state index in [0.29, 0.717) is 46.6 Å². The summed E-state index contributed by atoms with van der Waals surface area (Å²) in [6, 6.07) is 1.85. The first-order valence-corrected chi connectivity index (χ1v) is 16.5. The van der Waals surface area contributed by atoms with Crippen molar-refractivity contribution >= 4 is 68.0 Å². The molecule has 2 heterocycles. The summed E-state index contributed by atoms with van der Waals surface area (Å²) in [5, 5.41) is 21.2. The molecule has 2 amide bonds. The van der Waals surface area contributed by atoms with Crippen LogP contribution in [-0.4, -0.2) is 59.4 Å². The number of amidine groups is 2. The van der Waals surface area contributed by atoms with E-state index in [9.17, 15) is 19.5 Å². The summed E-state index contributed by atoms with van der Waals surface area (Å²) in [5.41, 5.74) is -0.720. The van der Waals surface area contributed by atoms with E-state index in [2.05, 4.69) is 20.5 Å². The highest BCUT2D eigenvalue weighted by atomic mass is 32.2. The predicted octanol–water partition coefficient (Wildman–Crippen LogP) is 4.98. The summed E-state index contributed by atoms with van der Waals surface area (Å²) in [7, 11) is 0. The largest absolute Gasteiger partial charge is 0.871 e. The Morgan fingerprint density at radius 1 is 0.929 bits per heavy atom. The number of carbonyl (C=O) groups excluding carboxylic acids is 3. The van der Waals surface area contributed by atoms with Crippen molar-refractivity contribution in [3.63, 3.8) is 0 Å². The normalized spacial score (nSPS) is 17.3. The van der Waals surface area contributed by atoms with Gasteiger partial charge in [-0.2, -0.15) is 0 Å². The smallest absolute Gasteiger partial charge is 0.362 e. The zero-order valence-electron chi connectivity index (χ0n) is 26.6. The Bertz CT molecular complexity index is 1390. The molecule has 2 aliphatic rings. The fraction of sp³-hybridized carbons (Fsp3) is 0.581. The highest BCUT2D eigenvalue weighted by Crippen LogP contribution is 2.48. The Morgan fingerprint density at radius 2 is 1.48 bits per heavy atom. The molecule has 1 aliphatic heterocycles. The minimum atomic E-state index is -0.650. The molecular weight excluding hydrogens is 571 g/mol. The van der Waals surface area contributed by atoms with Gasteiger partial charge >= 0.3 is 5.17 Å². The molecule has 0 saturated heterocycles. The fourth-order valence-corrected chi connectivity index (χ4v) is 6.70. The van der Waals surface area contributed by atoms with E-state index in [1.165, 1.54) is 23.1 Å². The number of hydrogen-bond acceptors (Lipinski definition) is 7. The Hall–Kier alpha value is -2.92. The number of ketones is 1. The van der Waals surface area contributed by atoms with Gasteiger partial charge in [-0.05, 0) is 51.6 Å². The maximum Gasteiger partial charge on any atom is 0.362 e. The van der Waals surface area contributed by atoms with Crippen molar-refractivity contribution in [2.75, 3.05) is 36.4 Å². The quantitative estimate of drug-likeness (QED) is 0.268. The zero-order chi connectivity index (χ0) is 31.6. The number of allylic oxidation sites excluding steroid dienone is 2. The Morgan fingerprint density at radius 3 is 1.95 bits per heavy atom. The molecule has 0 aromatic carbocycles. The molecule has 1 aromatic heterocycles. The molecule has 3 rings (SSSR count). The minimum absolute atomic E-state index is 0.0227. The number of carbonyl (C=O) groups is 3. The van der Waals surface area contributed by atoms with Gasteiger partial charge in [0.05, 0.1) is 33.6 Å². The van der Waals surface area contributed by atoms with Crippen LogP contribution in [0.15, 0.2) is 27.3 Å². The first-order chi connectivity index (χ1) is 19.7. The van der Waals surface area contributed by atoms with Gasteiger partial charge < -0.3 is 15.3 Å². The standard InChI is InChI=1S/C31H45N5O4S2/c1-11-30(7,8)27(39)32-18-17-19(35(13-3)14-4)41-24(18)20-22(37)21(23(20)38)25-26(33-28(40)31(9,10)12-2)34-29(42-25)36(15-5)16-6/h17H,11-16H2,1-10H3,(H2,32,33,37,38,39,40). The SMILES string of the molecule is CCN(CC)c1cc(NC(=O)C(C)(C)CC)c(C2=C([O-])/C(=C3/SC(=[N+](CC)CC)N=C3NC(=O)C(C)(C)CC)C2=O)s1. The molecule has 9 nitrogen and oxygen atoms in total. The predicted molar refractivity (Wildman–Crippen MR) is 173 cm³/mol. The lowest BCUT2D eigenvalue weighted by atomic mass is 9.85. The molecule has 1 aromatic rings. The van der Waals surface area contributed by atoms with Crippen LogP contribution in [0.1, 0.15) is 87.0 Å². The van der Waals surface area contributed by atoms with Crippen LogP contribution in [0, 0.1) is 10.8 Å². The van der Waals surface area contributed by atoms with Gasteiger partial charge in [0.2, 0.25) is 11.8 Å². The number of hydrogen-bond donors (Lipinski definition) is 2. The van der Waals surface area contributed by atoms with Crippen LogP contribution in [0.5, 0.6) is 0 Å². The van der Waals surface area contributed by atoms with Gasteiger partial charge in [0, 0.05) is 46.8 Å². The molecular formula is C31H45N5O4S2. The maximum atomic E-state index is 13.8. The van der Waals surface area contributed by atoms with Crippen molar-refractivity contribution in [3.05, 3.63) is 27.2 Å². The van der Waals surface area contributed by atoms with Crippen molar-refractivity contribution < 1.29 is 24.1 Å². The first kappa shape index (κ1) is 33.6. The summed E-state index contributed by atoms with van der Waals surface area (Å²) in [6.07, 6.45) is 1.25.